The van der Waals surface area contributed by atoms with Gasteiger partial charge in [-0.05, 0) is 63.6 Å². The van der Waals surface area contributed by atoms with E-state index in [9.17, 15) is 14.7 Å². The normalized spacial score (nSPS) is 19.4. The molecule has 1 aromatic carbocycles. The van der Waals surface area contributed by atoms with Gasteiger partial charge in [0.1, 0.15) is 16.9 Å². The van der Waals surface area contributed by atoms with E-state index in [-0.39, 0.29) is 24.0 Å². The van der Waals surface area contributed by atoms with Crippen molar-refractivity contribution in [2.24, 2.45) is 0 Å². The topological polar surface area (TPSA) is 80.0 Å². The summed E-state index contributed by atoms with van der Waals surface area (Å²) in [5.74, 6) is 0.673. The number of likely N-dealkylation sites (tertiary alicyclic amines) is 1. The molecule has 150 valence electrons. The molecule has 4 rings (SSSR count). The quantitative estimate of drug-likeness (QED) is 0.804. The highest BCUT2D eigenvalue weighted by molar-refractivity contribution is 5.86. The number of rotatable bonds is 2. The molecule has 1 fully saturated rings. The number of carbonyl (C=O) groups is 1. The van der Waals surface area contributed by atoms with Gasteiger partial charge in [-0.25, -0.2) is 4.79 Å². The van der Waals surface area contributed by atoms with E-state index in [2.05, 4.69) is 13.8 Å². The number of ether oxygens (including phenoxy) is 1. The summed E-state index contributed by atoms with van der Waals surface area (Å²) in [4.78, 5) is 27.0. The molecule has 1 amide bonds. The first kappa shape index (κ1) is 19.0. The number of piperidine rings is 1. The highest BCUT2D eigenvalue weighted by atomic mass is 16.5. The van der Waals surface area contributed by atoms with Crippen molar-refractivity contribution in [1.82, 2.24) is 4.90 Å². The minimum atomic E-state index is -0.467. The largest absolute Gasteiger partial charge is 0.487 e. The fraction of sp³-hybridized carbons (Fsp3) is 0.545. The number of aliphatic hydroxyl groups is 1. The number of fused-ring (bicyclic) bond motifs is 2. The van der Waals surface area contributed by atoms with Crippen LogP contribution in [0.5, 0.6) is 5.75 Å². The molecule has 0 radical (unpaired) electrons. The van der Waals surface area contributed by atoms with Gasteiger partial charge in [-0.2, -0.15) is 0 Å². The fourth-order valence-corrected chi connectivity index (χ4v) is 4.12. The zero-order valence-corrected chi connectivity index (χ0v) is 16.7. The molecule has 2 aliphatic heterocycles. The SMILES string of the molecule is Cc1c(CC(=O)N2CCC(O)CC2)c(=O)oc2cc3c(cc12)CCC(C)(C)O3. The molecule has 2 aliphatic rings. The molecular weight excluding hydrogens is 358 g/mol. The minimum absolute atomic E-state index is 0.0286. The molecule has 3 heterocycles. The Morgan fingerprint density at radius 3 is 2.71 bits per heavy atom. The van der Waals surface area contributed by atoms with Crippen LogP contribution in [0.15, 0.2) is 21.3 Å². The smallest absolute Gasteiger partial charge is 0.340 e. The van der Waals surface area contributed by atoms with Crippen LogP contribution in [0.4, 0.5) is 0 Å². The summed E-state index contributed by atoms with van der Waals surface area (Å²) in [6.07, 6.45) is 2.68. The van der Waals surface area contributed by atoms with Crippen molar-refractivity contribution in [2.75, 3.05) is 13.1 Å². The standard InChI is InChI=1S/C22H27NO5/c1-13-16-10-14-4-7-22(2,3)28-18(14)12-19(16)27-21(26)17(13)11-20(25)23-8-5-15(24)6-9-23/h10,12,15,24H,4-9,11H2,1-3H3. The molecule has 0 saturated carbocycles. The van der Waals surface area contributed by atoms with E-state index in [1.54, 1.807) is 11.0 Å². The van der Waals surface area contributed by atoms with Gasteiger partial charge in [0.2, 0.25) is 5.91 Å². The first-order valence-corrected chi connectivity index (χ1v) is 9.97. The van der Waals surface area contributed by atoms with Crippen LogP contribution in [0.1, 0.15) is 49.8 Å². The van der Waals surface area contributed by atoms with E-state index >= 15 is 0 Å². The van der Waals surface area contributed by atoms with Gasteiger partial charge < -0.3 is 19.2 Å². The predicted molar refractivity (Wildman–Crippen MR) is 106 cm³/mol. The zero-order valence-electron chi connectivity index (χ0n) is 16.7. The number of hydrogen-bond donors (Lipinski definition) is 1. The van der Waals surface area contributed by atoms with E-state index in [1.165, 1.54) is 0 Å². The third kappa shape index (κ3) is 3.53. The van der Waals surface area contributed by atoms with Crippen molar-refractivity contribution in [3.8, 4) is 5.75 Å². The molecular formula is C22H27NO5. The predicted octanol–water partition coefficient (Wildman–Crippen LogP) is 2.73. The third-order valence-corrected chi connectivity index (χ3v) is 6.00. The van der Waals surface area contributed by atoms with E-state index < -0.39 is 5.63 Å². The number of amides is 1. The van der Waals surface area contributed by atoms with Crippen LogP contribution < -0.4 is 10.4 Å². The summed E-state index contributed by atoms with van der Waals surface area (Å²) in [5.41, 5.74) is 2.11. The Bertz CT molecular complexity index is 983. The Labute approximate surface area is 164 Å². The van der Waals surface area contributed by atoms with Crippen LogP contribution in [-0.2, 0) is 17.6 Å². The number of carbonyl (C=O) groups excluding carboxylic acids is 1. The monoisotopic (exact) mass is 385 g/mol. The van der Waals surface area contributed by atoms with Crippen LogP contribution in [0.25, 0.3) is 11.0 Å². The second-order valence-corrected chi connectivity index (χ2v) is 8.60. The molecule has 6 nitrogen and oxygen atoms in total. The van der Waals surface area contributed by atoms with Gasteiger partial charge >= 0.3 is 5.63 Å². The van der Waals surface area contributed by atoms with E-state index in [0.717, 1.165) is 35.1 Å². The summed E-state index contributed by atoms with van der Waals surface area (Å²) in [7, 11) is 0. The molecule has 0 atom stereocenters. The Hall–Kier alpha value is -2.34. The second-order valence-electron chi connectivity index (χ2n) is 8.60. The van der Waals surface area contributed by atoms with Crippen LogP contribution >= 0.6 is 0 Å². The van der Waals surface area contributed by atoms with Crippen molar-refractivity contribution in [3.05, 3.63) is 39.2 Å². The first-order chi connectivity index (χ1) is 13.2. The number of aryl methyl sites for hydroxylation is 2. The number of nitrogens with zero attached hydrogens (tertiary/aromatic N) is 1. The van der Waals surface area contributed by atoms with E-state index in [1.807, 2.05) is 13.0 Å². The van der Waals surface area contributed by atoms with Crippen molar-refractivity contribution in [2.45, 2.75) is 64.6 Å². The summed E-state index contributed by atoms with van der Waals surface area (Å²) < 4.78 is 11.6. The van der Waals surface area contributed by atoms with Gasteiger partial charge in [0.05, 0.1) is 18.1 Å². The molecule has 0 unspecified atom stereocenters. The lowest BCUT2D eigenvalue weighted by molar-refractivity contribution is -0.132. The second kappa shape index (κ2) is 6.92. The summed E-state index contributed by atoms with van der Waals surface area (Å²) in [5, 5.41) is 10.5. The molecule has 6 heteroatoms. The van der Waals surface area contributed by atoms with Crippen LogP contribution in [0.2, 0.25) is 0 Å². The maximum Gasteiger partial charge on any atom is 0.340 e. The number of hydrogen-bond acceptors (Lipinski definition) is 5. The van der Waals surface area contributed by atoms with Crippen LogP contribution in [0, 0.1) is 6.92 Å². The highest BCUT2D eigenvalue weighted by Crippen LogP contribution is 2.36. The fourth-order valence-electron chi connectivity index (χ4n) is 4.12. The Kier molecular flexibility index (Phi) is 4.70. The Morgan fingerprint density at radius 2 is 2.00 bits per heavy atom. The van der Waals surface area contributed by atoms with Gasteiger partial charge in [0, 0.05) is 24.5 Å². The third-order valence-electron chi connectivity index (χ3n) is 6.00. The lowest BCUT2D eigenvalue weighted by Gasteiger charge is -2.32. The summed E-state index contributed by atoms with van der Waals surface area (Å²) >= 11 is 0. The van der Waals surface area contributed by atoms with Crippen molar-refractivity contribution in [3.63, 3.8) is 0 Å². The molecule has 1 aromatic heterocycles. The highest BCUT2D eigenvalue weighted by Gasteiger charge is 2.28. The maximum absolute atomic E-state index is 12.7. The number of aliphatic hydroxyl groups excluding tert-OH is 1. The number of benzene rings is 1. The van der Waals surface area contributed by atoms with Gasteiger partial charge in [0.25, 0.3) is 0 Å². The first-order valence-electron chi connectivity index (χ1n) is 9.97. The van der Waals surface area contributed by atoms with Gasteiger partial charge in [-0.15, -0.1) is 0 Å². The molecule has 28 heavy (non-hydrogen) atoms. The Balaban J connectivity index is 1.66. The Morgan fingerprint density at radius 1 is 1.29 bits per heavy atom. The van der Waals surface area contributed by atoms with Crippen molar-refractivity contribution >= 4 is 16.9 Å². The van der Waals surface area contributed by atoms with Gasteiger partial charge in [-0.3, -0.25) is 4.79 Å². The summed E-state index contributed by atoms with van der Waals surface area (Å²) in [6.45, 7) is 7.03. The van der Waals surface area contributed by atoms with Crippen molar-refractivity contribution in [1.29, 1.82) is 0 Å². The van der Waals surface area contributed by atoms with Crippen molar-refractivity contribution < 1.29 is 19.1 Å². The van der Waals surface area contributed by atoms with E-state index in [4.69, 9.17) is 9.15 Å². The zero-order chi connectivity index (χ0) is 20.1. The summed E-state index contributed by atoms with van der Waals surface area (Å²) in [6, 6.07) is 3.83. The average molecular weight is 385 g/mol. The average Bonchev–Trinajstić information content (AvgIpc) is 2.63. The molecule has 2 aromatic rings. The lowest BCUT2D eigenvalue weighted by Crippen LogP contribution is -2.41. The van der Waals surface area contributed by atoms with Gasteiger partial charge in [-0.1, -0.05) is 0 Å². The molecule has 0 spiro atoms. The van der Waals surface area contributed by atoms with Gasteiger partial charge in [0.15, 0.2) is 0 Å². The maximum atomic E-state index is 12.7. The molecule has 0 bridgehead atoms. The lowest BCUT2D eigenvalue weighted by atomic mass is 9.92. The minimum Gasteiger partial charge on any atom is -0.487 e. The molecule has 0 aliphatic carbocycles. The molecule has 1 N–H and O–H groups in total. The van der Waals surface area contributed by atoms with Crippen LogP contribution in [0.3, 0.4) is 0 Å². The molecule has 1 saturated heterocycles. The van der Waals surface area contributed by atoms with E-state index in [0.29, 0.717) is 37.1 Å². The van der Waals surface area contributed by atoms with Crippen LogP contribution in [-0.4, -0.2) is 40.7 Å².